The summed E-state index contributed by atoms with van der Waals surface area (Å²) in [6, 6.07) is 14.8. The molecule has 0 spiro atoms. The van der Waals surface area contributed by atoms with Crippen molar-refractivity contribution in [2.45, 2.75) is 33.6 Å². The van der Waals surface area contributed by atoms with E-state index in [1.54, 1.807) is 0 Å². The molecule has 2 nitrogen and oxygen atoms in total. The summed E-state index contributed by atoms with van der Waals surface area (Å²) < 4.78 is 0. The van der Waals surface area contributed by atoms with Gasteiger partial charge in [-0.25, -0.2) is 0 Å². The van der Waals surface area contributed by atoms with Crippen LogP contribution >= 0.6 is 12.2 Å². The molecule has 2 aromatic rings. The third-order valence-corrected chi connectivity index (χ3v) is 4.05. The highest BCUT2D eigenvalue weighted by Crippen LogP contribution is 2.13. The van der Waals surface area contributed by atoms with Gasteiger partial charge in [0.2, 0.25) is 0 Å². The number of hydrogen-bond acceptors (Lipinski definition) is 1. The number of benzene rings is 2. The Hall–Kier alpha value is -1.87. The van der Waals surface area contributed by atoms with E-state index >= 15 is 0 Å². The van der Waals surface area contributed by atoms with E-state index in [0.717, 1.165) is 25.1 Å². The maximum Gasteiger partial charge on any atom is 0.170 e. The Morgan fingerprint density at radius 2 is 1.77 bits per heavy atom. The van der Waals surface area contributed by atoms with E-state index in [2.05, 4.69) is 55.7 Å². The van der Waals surface area contributed by atoms with Crippen LogP contribution in [0.1, 0.15) is 28.7 Å². The van der Waals surface area contributed by atoms with Crippen molar-refractivity contribution in [3.8, 4) is 0 Å². The smallest absolute Gasteiger partial charge is 0.170 e. The molecule has 0 heterocycles. The minimum Gasteiger partial charge on any atom is -0.362 e. The Balaban J connectivity index is 1.74. The van der Waals surface area contributed by atoms with Gasteiger partial charge in [-0.3, -0.25) is 0 Å². The molecule has 0 saturated heterocycles. The average Bonchev–Trinajstić information content (AvgIpc) is 2.48. The Morgan fingerprint density at radius 3 is 2.50 bits per heavy atom. The van der Waals surface area contributed by atoms with Gasteiger partial charge in [0.05, 0.1) is 0 Å². The molecule has 0 amide bonds. The molecule has 0 bridgehead atoms. The van der Waals surface area contributed by atoms with Gasteiger partial charge in [-0.05, 0) is 68.6 Å². The van der Waals surface area contributed by atoms with Crippen molar-refractivity contribution in [3.05, 3.63) is 64.7 Å². The zero-order chi connectivity index (χ0) is 15.9. The van der Waals surface area contributed by atoms with Gasteiger partial charge in [-0.2, -0.15) is 0 Å². The first kappa shape index (κ1) is 16.5. The summed E-state index contributed by atoms with van der Waals surface area (Å²) in [6.07, 6.45) is 2.14. The van der Waals surface area contributed by atoms with Crippen molar-refractivity contribution in [1.29, 1.82) is 0 Å². The average molecular weight is 312 g/mol. The molecular formula is C19H24N2S. The summed E-state index contributed by atoms with van der Waals surface area (Å²) in [4.78, 5) is 0. The number of anilines is 1. The summed E-state index contributed by atoms with van der Waals surface area (Å²) in [7, 11) is 0. The van der Waals surface area contributed by atoms with E-state index in [0.29, 0.717) is 5.11 Å². The first-order valence-electron chi connectivity index (χ1n) is 7.73. The van der Waals surface area contributed by atoms with Crippen LogP contribution in [0.4, 0.5) is 5.69 Å². The highest BCUT2D eigenvalue weighted by Gasteiger charge is 2.01. The fourth-order valence-electron chi connectivity index (χ4n) is 2.49. The van der Waals surface area contributed by atoms with E-state index in [1.165, 1.54) is 22.3 Å². The second kappa shape index (κ2) is 7.95. The van der Waals surface area contributed by atoms with Crippen LogP contribution in [0.25, 0.3) is 0 Å². The van der Waals surface area contributed by atoms with Crippen molar-refractivity contribution >= 4 is 23.0 Å². The minimum atomic E-state index is 0.690. The molecule has 2 aromatic carbocycles. The van der Waals surface area contributed by atoms with E-state index in [4.69, 9.17) is 12.2 Å². The number of thiocarbonyl (C=S) groups is 1. The zero-order valence-electron chi connectivity index (χ0n) is 13.6. The largest absolute Gasteiger partial charge is 0.362 e. The van der Waals surface area contributed by atoms with Crippen molar-refractivity contribution in [2.75, 3.05) is 11.9 Å². The summed E-state index contributed by atoms with van der Waals surface area (Å²) in [5.41, 5.74) is 6.38. The van der Waals surface area contributed by atoms with Crippen LogP contribution in [0.2, 0.25) is 0 Å². The normalized spacial score (nSPS) is 10.3. The van der Waals surface area contributed by atoms with Gasteiger partial charge < -0.3 is 10.6 Å². The Morgan fingerprint density at radius 1 is 1.00 bits per heavy atom. The summed E-state index contributed by atoms with van der Waals surface area (Å²) in [5.74, 6) is 0. The quantitative estimate of drug-likeness (QED) is 0.626. The van der Waals surface area contributed by atoms with E-state index in [1.807, 2.05) is 18.2 Å². The standard InChI is InChI=1S/C19H24N2S/c1-14-10-11-17(16(3)13-14)8-6-12-20-19(22)21-18-9-5-4-7-15(18)2/h4-5,7,9-11,13H,6,8,12H2,1-3H3,(H2,20,21,22). The molecule has 0 aliphatic carbocycles. The van der Waals surface area contributed by atoms with E-state index in [-0.39, 0.29) is 0 Å². The van der Waals surface area contributed by atoms with Gasteiger partial charge in [0, 0.05) is 12.2 Å². The number of hydrogen-bond donors (Lipinski definition) is 2. The molecule has 0 aliphatic rings. The summed E-state index contributed by atoms with van der Waals surface area (Å²) >= 11 is 5.35. The second-order valence-corrected chi connectivity index (χ2v) is 6.14. The molecule has 116 valence electrons. The fraction of sp³-hybridized carbons (Fsp3) is 0.316. The second-order valence-electron chi connectivity index (χ2n) is 5.73. The molecule has 0 unspecified atom stereocenters. The fourth-order valence-corrected chi connectivity index (χ4v) is 2.70. The number of para-hydroxylation sites is 1. The van der Waals surface area contributed by atoms with Crippen LogP contribution < -0.4 is 10.6 Å². The van der Waals surface area contributed by atoms with Crippen LogP contribution in [0.5, 0.6) is 0 Å². The molecule has 0 radical (unpaired) electrons. The third-order valence-electron chi connectivity index (χ3n) is 3.80. The first-order chi connectivity index (χ1) is 10.6. The van der Waals surface area contributed by atoms with Crippen LogP contribution in [0, 0.1) is 20.8 Å². The van der Waals surface area contributed by atoms with Gasteiger partial charge in [-0.15, -0.1) is 0 Å². The lowest BCUT2D eigenvalue weighted by atomic mass is 10.0. The zero-order valence-corrected chi connectivity index (χ0v) is 14.4. The number of aryl methyl sites for hydroxylation is 4. The van der Waals surface area contributed by atoms with Gasteiger partial charge >= 0.3 is 0 Å². The lowest BCUT2D eigenvalue weighted by Gasteiger charge is -2.12. The van der Waals surface area contributed by atoms with Crippen molar-refractivity contribution in [1.82, 2.24) is 5.32 Å². The molecule has 3 heteroatoms. The van der Waals surface area contributed by atoms with Crippen molar-refractivity contribution in [3.63, 3.8) is 0 Å². The van der Waals surface area contributed by atoms with E-state index < -0.39 is 0 Å². The SMILES string of the molecule is Cc1ccc(CCCNC(=S)Nc2ccccc2C)c(C)c1. The lowest BCUT2D eigenvalue weighted by molar-refractivity contribution is 0.774. The monoisotopic (exact) mass is 312 g/mol. The van der Waals surface area contributed by atoms with E-state index in [9.17, 15) is 0 Å². The predicted octanol–water partition coefficient (Wildman–Crippen LogP) is 4.53. The Labute approximate surface area is 139 Å². The molecule has 0 fully saturated rings. The van der Waals surface area contributed by atoms with Crippen LogP contribution in [-0.4, -0.2) is 11.7 Å². The molecule has 2 rings (SSSR count). The molecule has 0 aliphatic heterocycles. The molecular weight excluding hydrogens is 288 g/mol. The Bertz CT molecular complexity index is 650. The van der Waals surface area contributed by atoms with Crippen LogP contribution in [-0.2, 0) is 6.42 Å². The molecule has 0 aromatic heterocycles. The van der Waals surface area contributed by atoms with Gasteiger partial charge in [0.1, 0.15) is 0 Å². The van der Waals surface area contributed by atoms with Gasteiger partial charge in [-0.1, -0.05) is 42.0 Å². The molecule has 22 heavy (non-hydrogen) atoms. The number of nitrogens with one attached hydrogen (secondary N) is 2. The van der Waals surface area contributed by atoms with Crippen LogP contribution in [0.15, 0.2) is 42.5 Å². The first-order valence-corrected chi connectivity index (χ1v) is 8.13. The highest BCUT2D eigenvalue weighted by molar-refractivity contribution is 7.80. The highest BCUT2D eigenvalue weighted by atomic mass is 32.1. The molecule has 2 N–H and O–H groups in total. The lowest BCUT2D eigenvalue weighted by Crippen LogP contribution is -2.29. The predicted molar refractivity (Wildman–Crippen MR) is 99.6 cm³/mol. The van der Waals surface area contributed by atoms with Gasteiger partial charge in [0.15, 0.2) is 5.11 Å². The number of rotatable bonds is 5. The van der Waals surface area contributed by atoms with Gasteiger partial charge in [0.25, 0.3) is 0 Å². The maximum atomic E-state index is 5.35. The Kier molecular flexibility index (Phi) is 5.96. The third kappa shape index (κ3) is 4.85. The van der Waals surface area contributed by atoms with Crippen molar-refractivity contribution < 1.29 is 0 Å². The topological polar surface area (TPSA) is 24.1 Å². The summed E-state index contributed by atoms with van der Waals surface area (Å²) in [6.45, 7) is 7.27. The van der Waals surface area contributed by atoms with Crippen molar-refractivity contribution in [2.24, 2.45) is 0 Å². The summed E-state index contributed by atoms with van der Waals surface area (Å²) in [5, 5.41) is 7.22. The molecule has 0 saturated carbocycles. The van der Waals surface area contributed by atoms with Crippen LogP contribution in [0.3, 0.4) is 0 Å². The maximum absolute atomic E-state index is 5.35. The molecule has 0 atom stereocenters. The minimum absolute atomic E-state index is 0.690.